The van der Waals surface area contributed by atoms with E-state index in [1.807, 2.05) is 0 Å². The van der Waals surface area contributed by atoms with Crippen LogP contribution in [-0.2, 0) is 17.5 Å². The predicted octanol–water partition coefficient (Wildman–Crippen LogP) is 3.52. The second-order valence-electron chi connectivity index (χ2n) is 6.57. The van der Waals surface area contributed by atoms with E-state index >= 15 is 0 Å². The molecule has 2 aliphatic rings. The van der Waals surface area contributed by atoms with Gasteiger partial charge in [-0.2, -0.15) is 13.2 Å². The summed E-state index contributed by atoms with van der Waals surface area (Å²) in [5.41, 5.74) is -1.00. The van der Waals surface area contributed by atoms with Gasteiger partial charge in [-0.1, -0.05) is 31.0 Å². The Morgan fingerprint density at radius 2 is 2.04 bits per heavy atom. The van der Waals surface area contributed by atoms with Crippen molar-refractivity contribution in [2.24, 2.45) is 11.3 Å². The Labute approximate surface area is 145 Å². The molecule has 0 radical (unpaired) electrons. The van der Waals surface area contributed by atoms with Gasteiger partial charge in [0.15, 0.2) is 0 Å². The van der Waals surface area contributed by atoms with Crippen molar-refractivity contribution in [1.29, 1.82) is 0 Å². The van der Waals surface area contributed by atoms with Crippen LogP contribution in [-0.4, -0.2) is 19.0 Å². The number of amides is 1. The molecule has 24 heavy (non-hydrogen) atoms. The molecule has 1 heterocycles. The number of rotatable bonds is 3. The molecule has 1 saturated carbocycles. The third-order valence-electron chi connectivity index (χ3n) is 5.25. The minimum absolute atomic E-state index is 0. The highest BCUT2D eigenvalue weighted by molar-refractivity contribution is 5.85. The number of nitrogens with one attached hydrogen (secondary N) is 2. The van der Waals surface area contributed by atoms with Crippen molar-refractivity contribution in [2.45, 2.75) is 38.4 Å². The van der Waals surface area contributed by atoms with Crippen molar-refractivity contribution in [2.75, 3.05) is 13.1 Å². The van der Waals surface area contributed by atoms with Gasteiger partial charge in [0, 0.05) is 13.1 Å². The molecule has 1 aliphatic heterocycles. The largest absolute Gasteiger partial charge is 0.416 e. The summed E-state index contributed by atoms with van der Waals surface area (Å²) in [6, 6.07) is 5.41. The number of fused-ring (bicyclic) bond motifs is 1. The van der Waals surface area contributed by atoms with Gasteiger partial charge in [-0.05, 0) is 36.9 Å². The van der Waals surface area contributed by atoms with E-state index in [1.54, 1.807) is 6.07 Å². The maximum Gasteiger partial charge on any atom is 0.416 e. The first-order valence-electron chi connectivity index (χ1n) is 8.07. The Kier molecular flexibility index (Phi) is 5.81. The maximum atomic E-state index is 13.0. The van der Waals surface area contributed by atoms with Crippen LogP contribution in [0.3, 0.4) is 0 Å². The van der Waals surface area contributed by atoms with Crippen molar-refractivity contribution in [3.05, 3.63) is 35.4 Å². The smallest absolute Gasteiger partial charge is 0.351 e. The standard InChI is InChI=1S/C17H21F3N2O.ClH/c18-17(19,20)14-7-2-1-5-12(14)9-22-15(23)16-8-4-3-6-13(16)10-21-11-16;/h1-2,5,7,13,21H,3-4,6,8-11H2,(H,22,23);1H/t13-,16+;/m0./s1. The monoisotopic (exact) mass is 362 g/mol. The molecule has 1 saturated heterocycles. The van der Waals surface area contributed by atoms with Crippen molar-refractivity contribution in [1.82, 2.24) is 10.6 Å². The summed E-state index contributed by atoms with van der Waals surface area (Å²) in [6.45, 7) is 1.37. The minimum Gasteiger partial charge on any atom is -0.351 e. The van der Waals surface area contributed by atoms with Crippen LogP contribution in [0, 0.1) is 11.3 Å². The number of hydrogen-bond acceptors (Lipinski definition) is 2. The molecule has 1 amide bonds. The predicted molar refractivity (Wildman–Crippen MR) is 87.8 cm³/mol. The maximum absolute atomic E-state index is 13.0. The van der Waals surface area contributed by atoms with E-state index in [2.05, 4.69) is 10.6 Å². The van der Waals surface area contributed by atoms with Gasteiger partial charge in [-0.15, -0.1) is 12.4 Å². The van der Waals surface area contributed by atoms with Crippen LogP contribution < -0.4 is 10.6 Å². The highest BCUT2D eigenvalue weighted by atomic mass is 35.5. The van der Waals surface area contributed by atoms with Gasteiger partial charge in [0.05, 0.1) is 11.0 Å². The second kappa shape index (κ2) is 7.31. The quantitative estimate of drug-likeness (QED) is 0.863. The van der Waals surface area contributed by atoms with Gasteiger partial charge >= 0.3 is 6.18 Å². The van der Waals surface area contributed by atoms with Crippen LogP contribution >= 0.6 is 12.4 Å². The molecule has 0 unspecified atom stereocenters. The Bertz CT molecular complexity index is 593. The topological polar surface area (TPSA) is 41.1 Å². The number of carbonyl (C=O) groups excluding carboxylic acids is 1. The van der Waals surface area contributed by atoms with Crippen LogP contribution in [0.1, 0.15) is 36.8 Å². The molecule has 0 aromatic heterocycles. The summed E-state index contributed by atoms with van der Waals surface area (Å²) in [6.07, 6.45) is -0.443. The SMILES string of the molecule is Cl.O=C(NCc1ccccc1C(F)(F)F)[C@@]12CCCC[C@H]1CNC2. The van der Waals surface area contributed by atoms with E-state index in [-0.39, 0.29) is 30.4 Å². The van der Waals surface area contributed by atoms with Gasteiger partial charge in [0.1, 0.15) is 0 Å². The summed E-state index contributed by atoms with van der Waals surface area (Å²) in [4.78, 5) is 12.7. The molecular weight excluding hydrogens is 341 g/mol. The molecule has 0 spiro atoms. The first-order chi connectivity index (χ1) is 10.9. The zero-order chi connectivity index (χ0) is 16.5. The molecule has 134 valence electrons. The van der Waals surface area contributed by atoms with E-state index in [4.69, 9.17) is 0 Å². The molecule has 1 aromatic carbocycles. The second-order valence-corrected chi connectivity index (χ2v) is 6.57. The lowest BCUT2D eigenvalue weighted by molar-refractivity contribution is -0.139. The number of alkyl halides is 3. The Balaban J connectivity index is 0.00000208. The Morgan fingerprint density at radius 1 is 1.29 bits per heavy atom. The number of benzene rings is 1. The van der Waals surface area contributed by atoms with Gasteiger partial charge in [-0.25, -0.2) is 0 Å². The van der Waals surface area contributed by atoms with Crippen LogP contribution in [0.4, 0.5) is 13.2 Å². The van der Waals surface area contributed by atoms with Gasteiger partial charge in [-0.3, -0.25) is 4.79 Å². The molecule has 3 nitrogen and oxygen atoms in total. The molecule has 7 heteroatoms. The highest BCUT2D eigenvalue weighted by Gasteiger charge is 2.49. The van der Waals surface area contributed by atoms with Gasteiger partial charge in [0.2, 0.25) is 5.91 Å². The van der Waals surface area contributed by atoms with Crippen LogP contribution in [0.25, 0.3) is 0 Å². The van der Waals surface area contributed by atoms with E-state index in [1.165, 1.54) is 12.1 Å². The lowest BCUT2D eigenvalue weighted by Gasteiger charge is -2.37. The first-order valence-corrected chi connectivity index (χ1v) is 8.07. The van der Waals surface area contributed by atoms with Crippen molar-refractivity contribution in [3.8, 4) is 0 Å². The highest BCUT2D eigenvalue weighted by Crippen LogP contribution is 2.44. The lowest BCUT2D eigenvalue weighted by atomic mass is 9.67. The summed E-state index contributed by atoms with van der Waals surface area (Å²) < 4.78 is 39.1. The first kappa shape index (κ1) is 19.1. The third kappa shape index (κ3) is 3.54. The summed E-state index contributed by atoms with van der Waals surface area (Å²) in [5.74, 6) is 0.193. The molecule has 1 aliphatic carbocycles. The minimum atomic E-state index is -4.40. The fourth-order valence-corrected chi connectivity index (χ4v) is 3.99. The normalized spacial score (nSPS) is 26.4. The van der Waals surface area contributed by atoms with Gasteiger partial charge < -0.3 is 10.6 Å². The molecular formula is C17H22ClF3N2O. The Morgan fingerprint density at radius 3 is 2.79 bits per heavy atom. The van der Waals surface area contributed by atoms with E-state index in [0.717, 1.165) is 38.3 Å². The number of halogens is 4. The van der Waals surface area contributed by atoms with E-state index < -0.39 is 17.2 Å². The number of hydrogen-bond donors (Lipinski definition) is 2. The average Bonchev–Trinajstić information content (AvgIpc) is 2.97. The zero-order valence-electron chi connectivity index (χ0n) is 13.3. The van der Waals surface area contributed by atoms with Crippen LogP contribution in [0.15, 0.2) is 24.3 Å². The summed E-state index contributed by atoms with van der Waals surface area (Å²) in [5, 5.41) is 6.04. The summed E-state index contributed by atoms with van der Waals surface area (Å²) >= 11 is 0. The van der Waals surface area contributed by atoms with Crippen molar-refractivity contribution in [3.63, 3.8) is 0 Å². The third-order valence-corrected chi connectivity index (χ3v) is 5.25. The summed E-state index contributed by atoms with van der Waals surface area (Å²) in [7, 11) is 0. The lowest BCUT2D eigenvalue weighted by Crippen LogP contribution is -2.47. The molecule has 2 N–H and O–H groups in total. The molecule has 0 bridgehead atoms. The molecule has 3 rings (SSSR count). The average molecular weight is 363 g/mol. The van der Waals surface area contributed by atoms with Crippen LogP contribution in [0.2, 0.25) is 0 Å². The van der Waals surface area contributed by atoms with Crippen molar-refractivity contribution >= 4 is 18.3 Å². The number of carbonyl (C=O) groups is 1. The van der Waals surface area contributed by atoms with Gasteiger partial charge in [0.25, 0.3) is 0 Å². The molecule has 2 fully saturated rings. The van der Waals surface area contributed by atoms with E-state index in [9.17, 15) is 18.0 Å². The van der Waals surface area contributed by atoms with E-state index in [0.29, 0.717) is 12.5 Å². The Hall–Kier alpha value is -1.27. The zero-order valence-corrected chi connectivity index (χ0v) is 14.1. The van der Waals surface area contributed by atoms with Crippen LogP contribution in [0.5, 0.6) is 0 Å². The fraction of sp³-hybridized carbons (Fsp3) is 0.588. The molecule has 1 aromatic rings. The fourth-order valence-electron chi connectivity index (χ4n) is 3.99. The molecule has 2 atom stereocenters. The van der Waals surface area contributed by atoms with Crippen molar-refractivity contribution < 1.29 is 18.0 Å².